The van der Waals surface area contributed by atoms with E-state index in [1.54, 1.807) is 0 Å². The second-order valence-corrected chi connectivity index (χ2v) is 5.49. The first-order valence-corrected chi connectivity index (χ1v) is 6.86. The second-order valence-electron chi connectivity index (χ2n) is 4.45. The fourth-order valence-electron chi connectivity index (χ4n) is 2.39. The number of nitrogen functional groups attached to an aromatic ring is 1. The summed E-state index contributed by atoms with van der Waals surface area (Å²) in [5.74, 6) is 0. The van der Waals surface area contributed by atoms with E-state index in [1.807, 2.05) is 17.4 Å². The zero-order valence-corrected chi connectivity index (χ0v) is 10.5. The number of rotatable bonds is 3. The van der Waals surface area contributed by atoms with E-state index in [1.165, 1.54) is 16.1 Å². The maximum atomic E-state index is 5.86. The maximum Gasteiger partial charge on any atom is 0.0420 e. The number of nitrogens with two attached hydrogens (primary N) is 1. The van der Waals surface area contributed by atoms with Gasteiger partial charge < -0.3 is 10.6 Å². The summed E-state index contributed by atoms with van der Waals surface area (Å²) in [7, 11) is 0. The van der Waals surface area contributed by atoms with Crippen molar-refractivity contribution < 1.29 is 0 Å². The first-order valence-electron chi connectivity index (χ1n) is 5.99. The molecule has 17 heavy (non-hydrogen) atoms. The molecule has 0 amide bonds. The van der Waals surface area contributed by atoms with Gasteiger partial charge in [-0.15, -0.1) is 11.3 Å². The van der Waals surface area contributed by atoms with Crippen LogP contribution in [0.4, 0.5) is 11.4 Å². The van der Waals surface area contributed by atoms with Crippen LogP contribution < -0.4 is 10.6 Å². The van der Waals surface area contributed by atoms with Gasteiger partial charge in [0.15, 0.2) is 0 Å². The quantitative estimate of drug-likeness (QED) is 0.841. The van der Waals surface area contributed by atoms with Crippen LogP contribution >= 0.6 is 11.3 Å². The summed E-state index contributed by atoms with van der Waals surface area (Å²) in [6.45, 7) is 2.22. The average Bonchev–Trinajstić information content (AvgIpc) is 2.94. The zero-order valence-electron chi connectivity index (χ0n) is 9.73. The SMILES string of the molecule is Nc1ccc2c(c1)N(CCc1cccs1)CC2. The molecule has 0 saturated heterocycles. The van der Waals surface area contributed by atoms with Gasteiger partial charge in [-0.05, 0) is 42.0 Å². The Hall–Kier alpha value is -1.48. The van der Waals surface area contributed by atoms with Crippen LogP contribution in [0.5, 0.6) is 0 Å². The number of thiophene rings is 1. The third-order valence-electron chi connectivity index (χ3n) is 3.31. The molecule has 0 aliphatic carbocycles. The van der Waals surface area contributed by atoms with Crippen LogP contribution in [0, 0.1) is 0 Å². The third-order valence-corrected chi connectivity index (χ3v) is 4.25. The monoisotopic (exact) mass is 244 g/mol. The lowest BCUT2D eigenvalue weighted by Crippen LogP contribution is -2.23. The molecule has 0 unspecified atom stereocenters. The van der Waals surface area contributed by atoms with Crippen LogP contribution in [0.1, 0.15) is 10.4 Å². The summed E-state index contributed by atoms with van der Waals surface area (Å²) >= 11 is 1.84. The second kappa shape index (κ2) is 4.41. The minimum atomic E-state index is 0.867. The van der Waals surface area contributed by atoms with Crippen molar-refractivity contribution in [2.75, 3.05) is 23.7 Å². The van der Waals surface area contributed by atoms with Gasteiger partial charge in [-0.25, -0.2) is 0 Å². The topological polar surface area (TPSA) is 29.3 Å². The Balaban J connectivity index is 1.73. The van der Waals surface area contributed by atoms with Crippen LogP contribution in [0.25, 0.3) is 0 Å². The summed E-state index contributed by atoms with van der Waals surface area (Å²) in [6, 6.07) is 10.6. The number of hydrogen-bond acceptors (Lipinski definition) is 3. The number of fused-ring (bicyclic) bond motifs is 1. The van der Waals surface area contributed by atoms with Crippen molar-refractivity contribution >= 4 is 22.7 Å². The Morgan fingerprint density at radius 1 is 1.29 bits per heavy atom. The van der Waals surface area contributed by atoms with Crippen molar-refractivity contribution in [3.05, 3.63) is 46.2 Å². The van der Waals surface area contributed by atoms with Gasteiger partial charge >= 0.3 is 0 Å². The van der Waals surface area contributed by atoms with Gasteiger partial charge in [0.25, 0.3) is 0 Å². The Morgan fingerprint density at radius 3 is 3.06 bits per heavy atom. The maximum absolute atomic E-state index is 5.86. The Labute approximate surface area is 106 Å². The molecule has 0 radical (unpaired) electrons. The van der Waals surface area contributed by atoms with Gasteiger partial charge in [-0.1, -0.05) is 12.1 Å². The minimum absolute atomic E-state index is 0.867. The lowest BCUT2D eigenvalue weighted by molar-refractivity contribution is 0.820. The van der Waals surface area contributed by atoms with E-state index in [2.05, 4.69) is 34.5 Å². The standard InChI is InChI=1S/C14H16N2S/c15-12-4-3-11-5-7-16(14(11)10-12)8-6-13-2-1-9-17-13/h1-4,9-10H,5-8,15H2. The van der Waals surface area contributed by atoms with Gasteiger partial charge in [0, 0.05) is 29.3 Å². The molecule has 1 aliphatic rings. The van der Waals surface area contributed by atoms with E-state index in [9.17, 15) is 0 Å². The van der Waals surface area contributed by atoms with Gasteiger partial charge in [-0.3, -0.25) is 0 Å². The summed E-state index contributed by atoms with van der Waals surface area (Å²) in [5, 5.41) is 2.14. The van der Waals surface area contributed by atoms with E-state index in [4.69, 9.17) is 5.73 Å². The first kappa shape index (κ1) is 10.7. The summed E-state index contributed by atoms with van der Waals surface area (Å²) < 4.78 is 0. The van der Waals surface area contributed by atoms with E-state index in [0.717, 1.165) is 31.6 Å². The van der Waals surface area contributed by atoms with Gasteiger partial charge in [0.1, 0.15) is 0 Å². The third kappa shape index (κ3) is 2.15. The highest BCUT2D eigenvalue weighted by Crippen LogP contribution is 2.30. The lowest BCUT2D eigenvalue weighted by atomic mass is 10.1. The highest BCUT2D eigenvalue weighted by atomic mass is 32.1. The molecular weight excluding hydrogens is 228 g/mol. The fraction of sp³-hybridized carbons (Fsp3) is 0.286. The molecule has 1 aromatic heterocycles. The molecule has 1 aliphatic heterocycles. The molecule has 1 aromatic carbocycles. The van der Waals surface area contributed by atoms with Crippen LogP contribution in [-0.4, -0.2) is 13.1 Å². The smallest absolute Gasteiger partial charge is 0.0420 e. The van der Waals surface area contributed by atoms with Gasteiger partial charge in [0.05, 0.1) is 0 Å². The molecular formula is C14H16N2S. The first-order chi connectivity index (χ1) is 8.33. The minimum Gasteiger partial charge on any atom is -0.399 e. The number of anilines is 2. The zero-order chi connectivity index (χ0) is 11.7. The Bertz CT molecular complexity index is 505. The van der Waals surface area contributed by atoms with Crippen molar-refractivity contribution in [3.8, 4) is 0 Å². The van der Waals surface area contributed by atoms with Gasteiger partial charge in [0.2, 0.25) is 0 Å². The molecule has 2 N–H and O–H groups in total. The number of benzene rings is 1. The molecule has 0 fully saturated rings. The van der Waals surface area contributed by atoms with Crippen molar-refractivity contribution in [2.24, 2.45) is 0 Å². The molecule has 0 saturated carbocycles. The predicted octanol–water partition coefficient (Wildman–Crippen LogP) is 2.94. The van der Waals surface area contributed by atoms with Crippen molar-refractivity contribution in [3.63, 3.8) is 0 Å². The molecule has 0 atom stereocenters. The van der Waals surface area contributed by atoms with E-state index in [-0.39, 0.29) is 0 Å². The lowest BCUT2D eigenvalue weighted by Gasteiger charge is -2.19. The molecule has 3 rings (SSSR count). The molecule has 2 aromatic rings. The summed E-state index contributed by atoms with van der Waals surface area (Å²) in [5.41, 5.74) is 9.50. The average molecular weight is 244 g/mol. The van der Waals surface area contributed by atoms with E-state index in [0.29, 0.717) is 0 Å². The largest absolute Gasteiger partial charge is 0.399 e. The molecule has 0 spiro atoms. The Kier molecular flexibility index (Phi) is 2.77. The Morgan fingerprint density at radius 2 is 2.24 bits per heavy atom. The molecule has 3 heteroatoms. The molecule has 2 heterocycles. The predicted molar refractivity (Wildman–Crippen MR) is 74.8 cm³/mol. The van der Waals surface area contributed by atoms with Gasteiger partial charge in [-0.2, -0.15) is 0 Å². The number of hydrogen-bond donors (Lipinski definition) is 1. The van der Waals surface area contributed by atoms with Crippen molar-refractivity contribution in [1.29, 1.82) is 0 Å². The van der Waals surface area contributed by atoms with Crippen LogP contribution in [0.3, 0.4) is 0 Å². The molecule has 2 nitrogen and oxygen atoms in total. The summed E-state index contributed by atoms with van der Waals surface area (Å²) in [4.78, 5) is 3.91. The van der Waals surface area contributed by atoms with E-state index >= 15 is 0 Å². The van der Waals surface area contributed by atoms with Crippen LogP contribution in [0.2, 0.25) is 0 Å². The van der Waals surface area contributed by atoms with Crippen LogP contribution in [-0.2, 0) is 12.8 Å². The molecule has 0 bridgehead atoms. The molecule has 88 valence electrons. The van der Waals surface area contributed by atoms with Crippen LogP contribution in [0.15, 0.2) is 35.7 Å². The van der Waals surface area contributed by atoms with E-state index < -0.39 is 0 Å². The normalized spacial score (nSPS) is 14.0. The van der Waals surface area contributed by atoms with Crippen molar-refractivity contribution in [2.45, 2.75) is 12.8 Å². The van der Waals surface area contributed by atoms with Crippen molar-refractivity contribution in [1.82, 2.24) is 0 Å². The highest BCUT2D eigenvalue weighted by Gasteiger charge is 2.18. The summed E-state index contributed by atoms with van der Waals surface area (Å²) in [6.07, 6.45) is 2.28. The number of nitrogens with zero attached hydrogens (tertiary/aromatic N) is 1. The fourth-order valence-corrected chi connectivity index (χ4v) is 3.09. The highest BCUT2D eigenvalue weighted by molar-refractivity contribution is 7.09.